The first kappa shape index (κ1) is 8.03. The van der Waals surface area contributed by atoms with Crippen molar-refractivity contribution < 1.29 is 5.11 Å². The molecule has 0 saturated heterocycles. The summed E-state index contributed by atoms with van der Waals surface area (Å²) in [5, 5.41) is 9.21. The lowest BCUT2D eigenvalue weighted by atomic mass is 10.2. The van der Waals surface area contributed by atoms with E-state index >= 15 is 0 Å². The largest absolute Gasteiger partial charge is 0.385 e. The maximum Gasteiger partial charge on any atom is 0.323 e. The van der Waals surface area contributed by atoms with Crippen LogP contribution in [0.2, 0.25) is 0 Å². The number of aromatic nitrogens is 2. The van der Waals surface area contributed by atoms with E-state index in [9.17, 15) is 9.90 Å². The van der Waals surface area contributed by atoms with E-state index < -0.39 is 6.10 Å². The molecule has 1 atom stereocenters. The minimum Gasteiger partial charge on any atom is -0.385 e. The van der Waals surface area contributed by atoms with Crippen LogP contribution >= 0.6 is 0 Å². The van der Waals surface area contributed by atoms with Crippen LogP contribution < -0.4 is 11.4 Å². The number of rotatable bonds is 2. The fourth-order valence-electron chi connectivity index (χ4n) is 0.936. The molecule has 1 rings (SSSR count). The normalized spacial score (nSPS) is 13.4. The number of H-pyrrole nitrogens is 2. The minimum atomic E-state index is -0.783. The first-order chi connectivity index (χ1) is 5.15. The zero-order valence-electron chi connectivity index (χ0n) is 6.22. The van der Waals surface area contributed by atoms with Gasteiger partial charge < -0.3 is 20.8 Å². The zero-order valence-corrected chi connectivity index (χ0v) is 6.22. The molecule has 0 fully saturated rings. The van der Waals surface area contributed by atoms with Crippen LogP contribution in [0.4, 0.5) is 0 Å². The predicted octanol–water partition coefficient (Wildman–Crippen LogP) is -0.996. The van der Waals surface area contributed by atoms with Gasteiger partial charge >= 0.3 is 5.69 Å². The molecule has 0 spiro atoms. The molecule has 1 aromatic rings. The Hall–Kier alpha value is -1.07. The minimum absolute atomic E-state index is 0.106. The van der Waals surface area contributed by atoms with Crippen LogP contribution in [0.3, 0.4) is 0 Å². The first-order valence-corrected chi connectivity index (χ1v) is 3.32. The Bertz CT molecular complexity index is 288. The molecule has 0 saturated carbocycles. The second-order valence-electron chi connectivity index (χ2n) is 2.37. The smallest absolute Gasteiger partial charge is 0.323 e. The van der Waals surface area contributed by atoms with E-state index in [1.807, 2.05) is 0 Å². The van der Waals surface area contributed by atoms with Crippen LogP contribution in [0.25, 0.3) is 0 Å². The average Bonchev–Trinajstić information content (AvgIpc) is 2.28. The summed E-state index contributed by atoms with van der Waals surface area (Å²) in [4.78, 5) is 15.6. The van der Waals surface area contributed by atoms with Gasteiger partial charge in [0.1, 0.15) is 6.10 Å². The Kier molecular flexibility index (Phi) is 2.11. The van der Waals surface area contributed by atoms with E-state index in [4.69, 9.17) is 5.73 Å². The second kappa shape index (κ2) is 2.89. The molecule has 0 bridgehead atoms. The quantitative estimate of drug-likeness (QED) is 0.443. The third-order valence-corrected chi connectivity index (χ3v) is 1.51. The molecule has 0 amide bonds. The summed E-state index contributed by atoms with van der Waals surface area (Å²) in [6.45, 7) is 1.81. The number of imidazole rings is 1. The fraction of sp³-hybridized carbons (Fsp3) is 0.500. The molecular formula is C6H11N3O2. The molecule has 5 heteroatoms. The number of aromatic amines is 2. The van der Waals surface area contributed by atoms with Gasteiger partial charge in [0.2, 0.25) is 0 Å². The SMILES string of the molecule is Cc1[nH]c(=O)[nH]c1C(O)CN. The topological polar surface area (TPSA) is 94.9 Å². The Balaban J connectivity index is 3.02. The molecule has 0 radical (unpaired) electrons. The summed E-state index contributed by atoms with van der Waals surface area (Å²) < 4.78 is 0. The molecule has 0 aliphatic heterocycles. The highest BCUT2D eigenvalue weighted by molar-refractivity contribution is 5.11. The molecule has 0 aromatic carbocycles. The van der Waals surface area contributed by atoms with Crippen molar-refractivity contribution in [1.82, 2.24) is 9.97 Å². The lowest BCUT2D eigenvalue weighted by molar-refractivity contribution is 0.181. The van der Waals surface area contributed by atoms with Crippen molar-refractivity contribution in [3.8, 4) is 0 Å². The third kappa shape index (κ3) is 1.50. The van der Waals surface area contributed by atoms with Gasteiger partial charge in [0.15, 0.2) is 0 Å². The van der Waals surface area contributed by atoms with Gasteiger partial charge in [-0.05, 0) is 6.92 Å². The van der Waals surface area contributed by atoms with Gasteiger partial charge in [-0.2, -0.15) is 0 Å². The molecule has 62 valence electrons. The lowest BCUT2D eigenvalue weighted by Crippen LogP contribution is -2.13. The van der Waals surface area contributed by atoms with E-state index in [-0.39, 0.29) is 12.2 Å². The Labute approximate surface area is 63.3 Å². The fourth-order valence-corrected chi connectivity index (χ4v) is 0.936. The van der Waals surface area contributed by atoms with Crippen molar-refractivity contribution in [2.75, 3.05) is 6.54 Å². The summed E-state index contributed by atoms with van der Waals surface area (Å²) in [5.41, 5.74) is 5.98. The molecule has 5 nitrogen and oxygen atoms in total. The van der Waals surface area contributed by atoms with Gasteiger partial charge in [-0.1, -0.05) is 0 Å². The average molecular weight is 157 g/mol. The second-order valence-corrected chi connectivity index (χ2v) is 2.37. The highest BCUT2D eigenvalue weighted by Crippen LogP contribution is 2.08. The van der Waals surface area contributed by atoms with Crippen molar-refractivity contribution in [3.63, 3.8) is 0 Å². The number of aliphatic hydroxyl groups excluding tert-OH is 1. The highest BCUT2D eigenvalue weighted by atomic mass is 16.3. The third-order valence-electron chi connectivity index (χ3n) is 1.51. The Morgan fingerprint density at radius 2 is 2.27 bits per heavy atom. The number of aliphatic hydroxyl groups is 1. The van der Waals surface area contributed by atoms with E-state index in [1.165, 1.54) is 0 Å². The van der Waals surface area contributed by atoms with Gasteiger partial charge in [0.05, 0.1) is 5.69 Å². The van der Waals surface area contributed by atoms with Gasteiger partial charge in [0.25, 0.3) is 0 Å². The maximum atomic E-state index is 10.7. The lowest BCUT2D eigenvalue weighted by Gasteiger charge is -2.04. The Morgan fingerprint density at radius 3 is 2.64 bits per heavy atom. The van der Waals surface area contributed by atoms with Crippen LogP contribution in [0, 0.1) is 6.92 Å². The summed E-state index contributed by atoms with van der Waals surface area (Å²) in [5.74, 6) is 0. The number of hydrogen-bond acceptors (Lipinski definition) is 3. The van der Waals surface area contributed by atoms with Crippen molar-refractivity contribution in [3.05, 3.63) is 21.9 Å². The molecule has 11 heavy (non-hydrogen) atoms. The zero-order chi connectivity index (χ0) is 8.43. The molecular weight excluding hydrogens is 146 g/mol. The number of nitrogens with one attached hydrogen (secondary N) is 2. The Morgan fingerprint density at radius 1 is 1.64 bits per heavy atom. The van der Waals surface area contributed by atoms with Gasteiger partial charge in [-0.3, -0.25) is 0 Å². The molecule has 0 aliphatic rings. The van der Waals surface area contributed by atoms with E-state index in [2.05, 4.69) is 9.97 Å². The molecule has 0 aliphatic carbocycles. The van der Waals surface area contributed by atoms with E-state index in [0.717, 1.165) is 0 Å². The van der Waals surface area contributed by atoms with Crippen LogP contribution in [-0.2, 0) is 0 Å². The first-order valence-electron chi connectivity index (χ1n) is 3.32. The maximum absolute atomic E-state index is 10.7. The van der Waals surface area contributed by atoms with Gasteiger partial charge in [-0.15, -0.1) is 0 Å². The summed E-state index contributed by atoms with van der Waals surface area (Å²) in [6.07, 6.45) is -0.783. The van der Waals surface area contributed by atoms with Crippen LogP contribution in [0.1, 0.15) is 17.5 Å². The van der Waals surface area contributed by atoms with Crippen LogP contribution in [0.15, 0.2) is 4.79 Å². The van der Waals surface area contributed by atoms with Crippen molar-refractivity contribution >= 4 is 0 Å². The molecule has 5 N–H and O–H groups in total. The van der Waals surface area contributed by atoms with Gasteiger partial charge in [-0.25, -0.2) is 4.79 Å². The van der Waals surface area contributed by atoms with E-state index in [1.54, 1.807) is 6.92 Å². The summed E-state index contributed by atoms with van der Waals surface area (Å²) in [7, 11) is 0. The molecule has 1 unspecified atom stereocenters. The highest BCUT2D eigenvalue weighted by Gasteiger charge is 2.10. The van der Waals surface area contributed by atoms with Crippen molar-refractivity contribution in [2.24, 2.45) is 5.73 Å². The number of nitrogens with two attached hydrogens (primary N) is 1. The van der Waals surface area contributed by atoms with Crippen molar-refractivity contribution in [1.29, 1.82) is 0 Å². The van der Waals surface area contributed by atoms with Gasteiger partial charge in [0, 0.05) is 12.2 Å². The number of hydrogen-bond donors (Lipinski definition) is 4. The number of aryl methyl sites for hydroxylation is 1. The summed E-state index contributed by atoms with van der Waals surface area (Å²) >= 11 is 0. The predicted molar refractivity (Wildman–Crippen MR) is 40.2 cm³/mol. The van der Waals surface area contributed by atoms with E-state index in [0.29, 0.717) is 11.4 Å². The molecule has 1 aromatic heterocycles. The molecule has 1 heterocycles. The monoisotopic (exact) mass is 157 g/mol. The van der Waals surface area contributed by atoms with Crippen LogP contribution in [-0.4, -0.2) is 21.6 Å². The van der Waals surface area contributed by atoms with Crippen molar-refractivity contribution in [2.45, 2.75) is 13.0 Å². The summed E-state index contributed by atoms with van der Waals surface area (Å²) in [6, 6.07) is 0. The standard InChI is InChI=1S/C6H11N3O2/c1-3-5(4(10)2-7)9-6(11)8-3/h4,10H,2,7H2,1H3,(H2,8,9,11). The van der Waals surface area contributed by atoms with Crippen LogP contribution in [0.5, 0.6) is 0 Å².